The van der Waals surface area contributed by atoms with Crippen molar-refractivity contribution in [2.24, 2.45) is 0 Å². The van der Waals surface area contributed by atoms with E-state index in [9.17, 15) is 13.6 Å². The van der Waals surface area contributed by atoms with Gasteiger partial charge in [0, 0.05) is 31.4 Å². The summed E-state index contributed by atoms with van der Waals surface area (Å²) in [5.41, 5.74) is 1.59. The first-order valence-corrected chi connectivity index (χ1v) is 9.69. The highest BCUT2D eigenvalue weighted by molar-refractivity contribution is 6.04. The van der Waals surface area contributed by atoms with Crippen LogP contribution in [0.1, 0.15) is 29.0 Å². The van der Waals surface area contributed by atoms with Crippen LogP contribution in [0.4, 0.5) is 14.5 Å². The predicted molar refractivity (Wildman–Crippen MR) is 107 cm³/mol. The van der Waals surface area contributed by atoms with Crippen molar-refractivity contribution in [3.05, 3.63) is 89.9 Å². The van der Waals surface area contributed by atoms with Crippen molar-refractivity contribution in [3.63, 3.8) is 0 Å². The molecule has 0 aliphatic carbocycles. The van der Waals surface area contributed by atoms with E-state index in [4.69, 9.17) is 4.42 Å². The van der Waals surface area contributed by atoms with E-state index in [1.807, 2.05) is 6.07 Å². The van der Waals surface area contributed by atoms with Crippen LogP contribution in [-0.2, 0) is 6.54 Å². The average Bonchev–Trinajstić information content (AvgIpc) is 3.26. The van der Waals surface area contributed by atoms with Gasteiger partial charge in [0.15, 0.2) is 5.76 Å². The molecule has 2 heterocycles. The molecule has 0 saturated carbocycles. The van der Waals surface area contributed by atoms with E-state index in [1.54, 1.807) is 41.3 Å². The third-order valence-electron chi connectivity index (χ3n) is 5.27. The number of carbonyl (C=O) groups excluding carboxylic acids is 1. The number of likely N-dealkylation sites (tertiary alicyclic amines) is 1. The summed E-state index contributed by atoms with van der Waals surface area (Å²) in [5.74, 6) is -0.547. The van der Waals surface area contributed by atoms with Crippen molar-refractivity contribution in [2.75, 3.05) is 18.0 Å². The number of hydrogen-bond donors (Lipinski definition) is 0. The van der Waals surface area contributed by atoms with Crippen LogP contribution in [0.15, 0.2) is 71.3 Å². The Hall–Kier alpha value is -2.99. The largest absolute Gasteiger partial charge is 0.459 e. The molecule has 1 aromatic heterocycles. The van der Waals surface area contributed by atoms with Crippen molar-refractivity contribution in [2.45, 2.75) is 25.4 Å². The van der Waals surface area contributed by atoms with Crippen molar-refractivity contribution in [1.29, 1.82) is 0 Å². The topological polar surface area (TPSA) is 36.7 Å². The van der Waals surface area contributed by atoms with Gasteiger partial charge in [-0.3, -0.25) is 9.69 Å². The van der Waals surface area contributed by atoms with Gasteiger partial charge in [0.05, 0.1) is 6.26 Å². The number of carbonyl (C=O) groups is 1. The van der Waals surface area contributed by atoms with Crippen LogP contribution < -0.4 is 4.90 Å². The van der Waals surface area contributed by atoms with E-state index in [0.717, 1.165) is 31.5 Å². The molecule has 0 unspecified atom stereocenters. The van der Waals surface area contributed by atoms with E-state index in [1.165, 1.54) is 24.5 Å². The van der Waals surface area contributed by atoms with Crippen LogP contribution in [0.25, 0.3) is 0 Å². The summed E-state index contributed by atoms with van der Waals surface area (Å²) in [6.07, 6.45) is 3.00. The molecule has 0 radical (unpaired) electrons. The quantitative estimate of drug-likeness (QED) is 0.617. The molecule has 29 heavy (non-hydrogen) atoms. The smallest absolute Gasteiger partial charge is 0.294 e. The molecule has 4 rings (SSSR count). The standard InChI is InChI=1S/C23H22F2N2O2/c24-18-6-8-20(9-7-18)27(23(28)22-5-2-14-29-22)21-10-12-26(13-11-21)16-17-3-1-4-19(25)15-17/h1-9,14-15,21H,10-13,16H2. The Morgan fingerprint density at radius 2 is 1.76 bits per heavy atom. The summed E-state index contributed by atoms with van der Waals surface area (Å²) in [6, 6.07) is 15.9. The van der Waals surface area contributed by atoms with Crippen LogP contribution in [0.5, 0.6) is 0 Å². The molecule has 1 fully saturated rings. The third kappa shape index (κ3) is 4.54. The molecule has 0 spiro atoms. The number of halogens is 2. The molecule has 1 amide bonds. The normalized spacial score (nSPS) is 15.4. The minimum atomic E-state index is -0.343. The maximum atomic E-state index is 13.4. The van der Waals surface area contributed by atoms with Crippen LogP contribution in [0.3, 0.4) is 0 Å². The Morgan fingerprint density at radius 1 is 1.00 bits per heavy atom. The summed E-state index contributed by atoms with van der Waals surface area (Å²) in [4.78, 5) is 17.0. The first kappa shape index (κ1) is 19.3. The lowest BCUT2D eigenvalue weighted by molar-refractivity contribution is 0.0931. The van der Waals surface area contributed by atoms with Crippen molar-refractivity contribution >= 4 is 11.6 Å². The minimum absolute atomic E-state index is 0.0261. The molecular weight excluding hydrogens is 374 g/mol. The highest BCUT2D eigenvalue weighted by atomic mass is 19.1. The van der Waals surface area contributed by atoms with Crippen molar-refractivity contribution in [3.8, 4) is 0 Å². The Kier molecular flexibility index (Phi) is 5.71. The molecule has 0 bridgehead atoms. The van der Waals surface area contributed by atoms with E-state index >= 15 is 0 Å². The number of piperidine rings is 1. The number of benzene rings is 2. The Morgan fingerprint density at radius 3 is 2.41 bits per heavy atom. The van der Waals surface area contributed by atoms with E-state index in [0.29, 0.717) is 12.2 Å². The molecule has 1 aliphatic rings. The van der Waals surface area contributed by atoms with Gasteiger partial charge >= 0.3 is 0 Å². The van der Waals surface area contributed by atoms with Gasteiger partial charge in [0.25, 0.3) is 5.91 Å². The molecule has 1 saturated heterocycles. The summed E-state index contributed by atoms with van der Waals surface area (Å²) in [6.45, 7) is 2.24. The fourth-order valence-electron chi connectivity index (χ4n) is 3.84. The van der Waals surface area contributed by atoms with Gasteiger partial charge in [-0.2, -0.15) is 0 Å². The second-order valence-corrected chi connectivity index (χ2v) is 7.27. The number of hydrogen-bond acceptors (Lipinski definition) is 3. The fourth-order valence-corrected chi connectivity index (χ4v) is 3.84. The Bertz CT molecular complexity index is 949. The predicted octanol–water partition coefficient (Wildman–Crippen LogP) is 4.87. The highest BCUT2D eigenvalue weighted by Gasteiger charge is 2.31. The van der Waals surface area contributed by atoms with Gasteiger partial charge in [0.1, 0.15) is 11.6 Å². The monoisotopic (exact) mass is 396 g/mol. The van der Waals surface area contributed by atoms with Gasteiger partial charge in [-0.05, 0) is 66.9 Å². The molecule has 2 aromatic carbocycles. The zero-order chi connectivity index (χ0) is 20.2. The van der Waals surface area contributed by atoms with Crippen LogP contribution >= 0.6 is 0 Å². The van der Waals surface area contributed by atoms with E-state index in [2.05, 4.69) is 4.90 Å². The SMILES string of the molecule is O=C(c1ccco1)N(c1ccc(F)cc1)C1CCN(Cc2cccc(F)c2)CC1. The zero-order valence-corrected chi connectivity index (χ0v) is 15.9. The summed E-state index contributed by atoms with van der Waals surface area (Å²) >= 11 is 0. The number of amides is 1. The first-order chi connectivity index (χ1) is 14.1. The minimum Gasteiger partial charge on any atom is -0.459 e. The first-order valence-electron chi connectivity index (χ1n) is 9.69. The van der Waals surface area contributed by atoms with Gasteiger partial charge in [-0.15, -0.1) is 0 Å². The van der Waals surface area contributed by atoms with Gasteiger partial charge < -0.3 is 9.32 Å². The van der Waals surface area contributed by atoms with Crippen LogP contribution in [0.2, 0.25) is 0 Å². The number of nitrogens with zero attached hydrogens (tertiary/aromatic N) is 2. The van der Waals surface area contributed by atoms with Gasteiger partial charge in [0.2, 0.25) is 0 Å². The second-order valence-electron chi connectivity index (χ2n) is 7.27. The summed E-state index contributed by atoms with van der Waals surface area (Å²) in [7, 11) is 0. The average molecular weight is 396 g/mol. The molecule has 6 heteroatoms. The lowest BCUT2D eigenvalue weighted by atomic mass is 10.0. The van der Waals surface area contributed by atoms with Crippen LogP contribution in [-0.4, -0.2) is 29.9 Å². The Balaban J connectivity index is 1.49. The lowest BCUT2D eigenvalue weighted by Crippen LogP contribution is -2.47. The molecular formula is C23H22F2N2O2. The van der Waals surface area contributed by atoms with Crippen LogP contribution in [0, 0.1) is 11.6 Å². The maximum absolute atomic E-state index is 13.4. The highest BCUT2D eigenvalue weighted by Crippen LogP contribution is 2.27. The second kappa shape index (κ2) is 8.57. The molecule has 4 nitrogen and oxygen atoms in total. The molecule has 3 aromatic rings. The van der Waals surface area contributed by atoms with E-state index < -0.39 is 0 Å². The van der Waals surface area contributed by atoms with Gasteiger partial charge in [-0.1, -0.05) is 12.1 Å². The zero-order valence-electron chi connectivity index (χ0n) is 15.9. The van der Waals surface area contributed by atoms with Crippen molar-refractivity contribution < 1.29 is 18.0 Å². The number of anilines is 1. The maximum Gasteiger partial charge on any atom is 0.294 e. The summed E-state index contributed by atoms with van der Waals surface area (Å²) in [5, 5.41) is 0. The molecule has 0 atom stereocenters. The Labute approximate surface area is 168 Å². The van der Waals surface area contributed by atoms with Gasteiger partial charge in [-0.25, -0.2) is 8.78 Å². The molecule has 0 N–H and O–H groups in total. The van der Waals surface area contributed by atoms with E-state index in [-0.39, 0.29) is 29.3 Å². The number of rotatable bonds is 5. The number of furan rings is 1. The van der Waals surface area contributed by atoms with Crippen molar-refractivity contribution in [1.82, 2.24) is 4.90 Å². The molecule has 150 valence electrons. The third-order valence-corrected chi connectivity index (χ3v) is 5.27. The molecule has 1 aliphatic heterocycles. The lowest BCUT2D eigenvalue weighted by Gasteiger charge is -2.38. The fraction of sp³-hybridized carbons (Fsp3) is 0.261. The summed E-state index contributed by atoms with van der Waals surface area (Å²) < 4.78 is 32.1.